The van der Waals surface area contributed by atoms with Crippen molar-refractivity contribution in [2.24, 2.45) is 0 Å². The van der Waals surface area contributed by atoms with E-state index in [0.717, 1.165) is 25.3 Å². The quantitative estimate of drug-likeness (QED) is 0.133. The van der Waals surface area contributed by atoms with Crippen LogP contribution in [0.5, 0.6) is 0 Å². The van der Waals surface area contributed by atoms with Crippen molar-refractivity contribution in [3.8, 4) is 22.3 Å². The number of hydrogen-bond donors (Lipinski definition) is 0. The first-order valence-corrected chi connectivity index (χ1v) is 21.4. The molecule has 0 aliphatic heterocycles. The Hall–Kier alpha value is -5.76. The van der Waals surface area contributed by atoms with Crippen LogP contribution in [-0.4, -0.2) is 8.07 Å². The lowest BCUT2D eigenvalue weighted by atomic mass is 9.99. The highest BCUT2D eigenvalue weighted by atomic mass is 28.3. The summed E-state index contributed by atoms with van der Waals surface area (Å²) in [6.45, 7) is 2.70. The molecule has 0 saturated heterocycles. The molecule has 9 rings (SSSR count). The summed E-state index contributed by atoms with van der Waals surface area (Å²) in [6.07, 6.45) is 3.00. The summed E-state index contributed by atoms with van der Waals surface area (Å²) in [5.41, 5.74) is 18.0. The third-order valence-corrected chi connectivity index (χ3v) is 16.1. The van der Waals surface area contributed by atoms with Gasteiger partial charge in [-0.15, -0.1) is 0 Å². The average Bonchev–Trinajstić information content (AvgIpc) is 3.82. The Kier molecular flexibility index (Phi) is 8.51. The molecule has 0 amide bonds. The minimum Gasteiger partial charge on any atom is -0.0622 e. The smallest absolute Gasteiger partial charge is 0.0622 e. The van der Waals surface area contributed by atoms with Crippen LogP contribution in [0.2, 0.25) is 12.6 Å². The van der Waals surface area contributed by atoms with E-state index in [0.29, 0.717) is 0 Å². The Labute approximate surface area is 309 Å². The van der Waals surface area contributed by atoms with Gasteiger partial charge in [-0.2, -0.15) is 0 Å². The number of fused-ring (bicyclic) bond motifs is 2. The van der Waals surface area contributed by atoms with Gasteiger partial charge in [-0.3, -0.25) is 0 Å². The van der Waals surface area contributed by atoms with Crippen molar-refractivity contribution in [2.45, 2.75) is 31.9 Å². The molecule has 0 spiro atoms. The van der Waals surface area contributed by atoms with Gasteiger partial charge in [0.2, 0.25) is 0 Å². The van der Waals surface area contributed by atoms with Gasteiger partial charge in [-0.1, -0.05) is 195 Å². The molecule has 0 nitrogen and oxygen atoms in total. The number of rotatable bonds is 9. The summed E-state index contributed by atoms with van der Waals surface area (Å²) in [5.74, 6) is 0. The molecular formula is C51H42Si. The van der Waals surface area contributed by atoms with E-state index in [1.54, 1.807) is 10.4 Å². The van der Waals surface area contributed by atoms with Crippen LogP contribution in [0.3, 0.4) is 0 Å². The average molecular weight is 683 g/mol. The van der Waals surface area contributed by atoms with Crippen LogP contribution in [0.1, 0.15) is 38.9 Å². The molecule has 1 heteroatoms. The van der Waals surface area contributed by atoms with Crippen LogP contribution in [0, 0.1) is 0 Å². The fraction of sp³-hybridized carbons (Fsp3) is 0.0980. The molecule has 0 radical (unpaired) electrons. The molecule has 250 valence electrons. The Morgan fingerprint density at radius 3 is 1.15 bits per heavy atom. The second-order valence-corrected chi connectivity index (χ2v) is 18.7. The van der Waals surface area contributed by atoms with E-state index in [1.165, 1.54) is 72.3 Å². The first-order valence-electron chi connectivity index (χ1n) is 18.7. The highest BCUT2D eigenvalue weighted by Gasteiger charge is 2.45. The summed E-state index contributed by atoms with van der Waals surface area (Å²) < 4.78 is 0. The van der Waals surface area contributed by atoms with Crippen molar-refractivity contribution in [1.82, 2.24) is 0 Å². The van der Waals surface area contributed by atoms with Crippen molar-refractivity contribution in [3.63, 3.8) is 0 Å². The number of aryl methyl sites for hydroxylation is 1. The molecule has 0 saturated carbocycles. The van der Waals surface area contributed by atoms with Gasteiger partial charge in [0.05, 0.1) is 0 Å². The van der Waals surface area contributed by atoms with Gasteiger partial charge in [0.25, 0.3) is 0 Å². The maximum absolute atomic E-state index is 2.70. The van der Waals surface area contributed by atoms with Crippen molar-refractivity contribution < 1.29 is 0 Å². The van der Waals surface area contributed by atoms with Gasteiger partial charge in [-0.05, 0) is 108 Å². The van der Waals surface area contributed by atoms with Gasteiger partial charge in [0.1, 0.15) is 8.07 Å². The van der Waals surface area contributed by atoms with Crippen molar-refractivity contribution in [3.05, 3.63) is 227 Å². The summed E-state index contributed by atoms with van der Waals surface area (Å²) >= 11 is 0. The number of allylic oxidation sites excluding steroid dienone is 2. The van der Waals surface area contributed by atoms with Crippen LogP contribution in [0.25, 0.3) is 43.8 Å². The lowest BCUT2D eigenvalue weighted by Gasteiger charge is -2.35. The fourth-order valence-electron chi connectivity index (χ4n) is 8.88. The van der Waals surface area contributed by atoms with Crippen LogP contribution < -0.4 is 0 Å². The standard InChI is InChI=1S/C51H42Si/c1-52(34-33-37-15-5-2-6-16-37,50-46-23-13-11-21-44(46)35-48(50)42-29-25-40(26-30-42)38-17-7-3-8-18-38)51-47-24-14-12-22-45(47)36-49(51)43-31-27-41(28-32-43)39-19-9-4-10-20-39/h2-32H,33-36H2,1H3. The summed E-state index contributed by atoms with van der Waals surface area (Å²) in [4.78, 5) is 0. The van der Waals surface area contributed by atoms with Gasteiger partial charge in [0.15, 0.2) is 0 Å². The number of benzene rings is 7. The maximum atomic E-state index is 2.70. The van der Waals surface area contributed by atoms with Crippen molar-refractivity contribution >= 4 is 29.6 Å². The predicted octanol–water partition coefficient (Wildman–Crippen LogP) is 13.1. The molecular weight excluding hydrogens is 641 g/mol. The molecule has 7 aromatic carbocycles. The van der Waals surface area contributed by atoms with Crippen molar-refractivity contribution in [2.75, 3.05) is 0 Å². The topological polar surface area (TPSA) is 0 Å². The number of hydrogen-bond acceptors (Lipinski definition) is 0. The third kappa shape index (κ3) is 5.92. The van der Waals surface area contributed by atoms with E-state index in [4.69, 9.17) is 0 Å². The SMILES string of the molecule is C[Si](CCc1ccccc1)(C1=C(c2ccc(-c3ccccc3)cc2)Cc2ccccc21)C1=C(c2ccc(-c3ccccc3)cc2)Cc2ccccc21. The lowest BCUT2D eigenvalue weighted by molar-refractivity contribution is 1.11. The highest BCUT2D eigenvalue weighted by molar-refractivity contribution is 7.11. The van der Waals surface area contributed by atoms with Gasteiger partial charge < -0.3 is 0 Å². The highest BCUT2D eigenvalue weighted by Crippen LogP contribution is 2.54. The molecule has 0 heterocycles. The van der Waals surface area contributed by atoms with E-state index in [-0.39, 0.29) is 0 Å². The minimum absolute atomic E-state index is 0.972. The third-order valence-electron chi connectivity index (χ3n) is 11.5. The zero-order chi connectivity index (χ0) is 34.9. The van der Waals surface area contributed by atoms with Gasteiger partial charge in [-0.25, -0.2) is 0 Å². The monoisotopic (exact) mass is 682 g/mol. The first-order chi connectivity index (χ1) is 25.7. The van der Waals surface area contributed by atoms with Crippen LogP contribution >= 0.6 is 0 Å². The van der Waals surface area contributed by atoms with E-state index < -0.39 is 8.07 Å². The van der Waals surface area contributed by atoms with Crippen molar-refractivity contribution in [1.29, 1.82) is 0 Å². The molecule has 0 unspecified atom stereocenters. The lowest BCUT2D eigenvalue weighted by Crippen LogP contribution is -2.36. The summed E-state index contributed by atoms with van der Waals surface area (Å²) in [6, 6.07) is 71.2. The molecule has 0 atom stereocenters. The Balaban J connectivity index is 1.26. The van der Waals surface area contributed by atoms with Crippen LogP contribution in [0.15, 0.2) is 188 Å². The maximum Gasteiger partial charge on any atom is 0.117 e. The molecule has 52 heavy (non-hydrogen) atoms. The predicted molar refractivity (Wildman–Crippen MR) is 224 cm³/mol. The molecule has 2 aliphatic carbocycles. The Bertz CT molecular complexity index is 2270. The summed E-state index contributed by atoms with van der Waals surface area (Å²) in [7, 11) is -2.46. The fourth-order valence-corrected chi connectivity index (χ4v) is 13.9. The van der Waals surface area contributed by atoms with Crippen LogP contribution in [0.4, 0.5) is 0 Å². The normalized spacial score (nSPS) is 13.7. The van der Waals surface area contributed by atoms with E-state index in [9.17, 15) is 0 Å². The first kappa shape index (κ1) is 32.2. The second-order valence-electron chi connectivity index (χ2n) is 14.6. The minimum atomic E-state index is -2.46. The van der Waals surface area contributed by atoms with E-state index in [2.05, 4.69) is 195 Å². The second kappa shape index (κ2) is 13.8. The Morgan fingerprint density at radius 1 is 0.365 bits per heavy atom. The molecule has 2 aliphatic rings. The summed E-state index contributed by atoms with van der Waals surface area (Å²) in [5, 5.41) is 3.24. The zero-order valence-corrected chi connectivity index (χ0v) is 30.7. The zero-order valence-electron chi connectivity index (χ0n) is 29.7. The van der Waals surface area contributed by atoms with Gasteiger partial charge >= 0.3 is 0 Å². The molecule has 0 N–H and O–H groups in total. The van der Waals surface area contributed by atoms with E-state index >= 15 is 0 Å². The molecule has 0 aromatic heterocycles. The molecule has 7 aromatic rings. The van der Waals surface area contributed by atoms with Crippen LogP contribution in [-0.2, 0) is 19.3 Å². The van der Waals surface area contributed by atoms with Gasteiger partial charge in [0, 0.05) is 0 Å². The molecule has 0 fully saturated rings. The van der Waals surface area contributed by atoms with E-state index in [1.807, 2.05) is 0 Å². The Morgan fingerprint density at radius 2 is 0.712 bits per heavy atom. The molecule has 0 bridgehead atoms. The largest absolute Gasteiger partial charge is 0.117 e.